The van der Waals surface area contributed by atoms with Crippen molar-refractivity contribution in [2.24, 2.45) is 0 Å². The minimum absolute atomic E-state index is 0.229. The Hall–Kier alpha value is -1.72. The summed E-state index contributed by atoms with van der Waals surface area (Å²) in [6, 6.07) is 15.0. The van der Waals surface area contributed by atoms with Crippen LogP contribution in [-0.2, 0) is 0 Å². The topological polar surface area (TPSA) is 41.1 Å². The van der Waals surface area contributed by atoms with Crippen LogP contribution in [0.25, 0.3) is 0 Å². The molecule has 22 heavy (non-hydrogen) atoms. The second-order valence-corrected chi connectivity index (χ2v) is 6.43. The van der Waals surface area contributed by atoms with Gasteiger partial charge in [0.25, 0.3) is 5.91 Å². The molecule has 0 fully saturated rings. The molecular formula is C17H17BrN2OS. The molecule has 0 aliphatic rings. The van der Waals surface area contributed by atoms with Crippen LogP contribution in [0.3, 0.4) is 0 Å². The van der Waals surface area contributed by atoms with Gasteiger partial charge in [-0.05, 0) is 63.9 Å². The molecule has 2 N–H and O–H groups in total. The first-order valence-electron chi connectivity index (χ1n) is 6.94. The van der Waals surface area contributed by atoms with Gasteiger partial charge in [0.15, 0.2) is 5.11 Å². The molecule has 5 heteroatoms. The number of thiocarbonyl (C=S) groups is 1. The Kier molecular flexibility index (Phi) is 5.69. The summed E-state index contributed by atoms with van der Waals surface area (Å²) in [6.07, 6.45) is 0. The zero-order valence-electron chi connectivity index (χ0n) is 12.4. The quantitative estimate of drug-likeness (QED) is 0.762. The van der Waals surface area contributed by atoms with Gasteiger partial charge in [-0.15, -0.1) is 0 Å². The van der Waals surface area contributed by atoms with E-state index < -0.39 is 0 Å². The summed E-state index contributed by atoms with van der Waals surface area (Å²) in [7, 11) is 0. The summed E-state index contributed by atoms with van der Waals surface area (Å²) < 4.78 is 0.912. The van der Waals surface area contributed by atoms with E-state index in [0.29, 0.717) is 11.5 Å². The predicted octanol–water partition coefficient (Wildman–Crippen LogP) is 4.70. The summed E-state index contributed by atoms with van der Waals surface area (Å²) >= 11 is 8.71. The fourth-order valence-electron chi connectivity index (χ4n) is 1.91. The summed E-state index contributed by atoms with van der Waals surface area (Å²) in [5.74, 6) is 0.225. The molecular weight excluding hydrogens is 360 g/mol. The number of anilines is 1. The third kappa shape index (κ3) is 4.39. The van der Waals surface area contributed by atoms with Crippen molar-refractivity contribution >= 4 is 44.9 Å². The summed E-state index contributed by atoms with van der Waals surface area (Å²) in [5, 5.41) is 5.97. The van der Waals surface area contributed by atoms with Crippen LogP contribution in [0.15, 0.2) is 53.0 Å². The third-order valence-electron chi connectivity index (χ3n) is 3.17. The maximum atomic E-state index is 12.0. The van der Waals surface area contributed by atoms with Gasteiger partial charge >= 0.3 is 0 Å². The first-order valence-corrected chi connectivity index (χ1v) is 8.14. The Morgan fingerprint density at radius 2 is 1.82 bits per heavy atom. The van der Waals surface area contributed by atoms with Gasteiger partial charge in [-0.25, -0.2) is 0 Å². The van der Waals surface area contributed by atoms with Crippen LogP contribution >= 0.6 is 28.1 Å². The number of carbonyl (C=O) groups is 1. The van der Waals surface area contributed by atoms with Crippen LogP contribution in [0, 0.1) is 0 Å². The van der Waals surface area contributed by atoms with E-state index in [0.717, 1.165) is 10.2 Å². The average Bonchev–Trinajstić information content (AvgIpc) is 2.50. The number of hydrogen-bond acceptors (Lipinski definition) is 2. The van der Waals surface area contributed by atoms with Gasteiger partial charge in [0, 0.05) is 10.0 Å². The molecule has 0 unspecified atom stereocenters. The van der Waals surface area contributed by atoms with Gasteiger partial charge in [-0.2, -0.15) is 0 Å². The number of carbonyl (C=O) groups excluding carboxylic acids is 1. The fourth-order valence-corrected chi connectivity index (χ4v) is 2.61. The van der Waals surface area contributed by atoms with Crippen LogP contribution in [0.4, 0.5) is 5.69 Å². The Morgan fingerprint density at radius 3 is 2.41 bits per heavy atom. The highest BCUT2D eigenvalue weighted by molar-refractivity contribution is 9.10. The van der Waals surface area contributed by atoms with Crippen molar-refractivity contribution in [1.82, 2.24) is 5.32 Å². The molecule has 0 saturated carbocycles. The van der Waals surface area contributed by atoms with Crippen LogP contribution in [0.5, 0.6) is 0 Å². The zero-order valence-corrected chi connectivity index (χ0v) is 14.8. The van der Waals surface area contributed by atoms with Crippen molar-refractivity contribution in [2.45, 2.75) is 19.8 Å². The molecule has 0 saturated heterocycles. The molecule has 0 atom stereocenters. The Morgan fingerprint density at radius 1 is 1.14 bits per heavy atom. The molecule has 0 heterocycles. The number of rotatable bonds is 3. The zero-order chi connectivity index (χ0) is 16.1. The number of hydrogen-bond donors (Lipinski definition) is 2. The molecule has 0 radical (unpaired) electrons. The molecule has 114 valence electrons. The van der Waals surface area contributed by atoms with Gasteiger partial charge in [0.1, 0.15) is 0 Å². The average molecular weight is 377 g/mol. The molecule has 0 bridgehead atoms. The Balaban J connectivity index is 2.02. The predicted molar refractivity (Wildman–Crippen MR) is 98.4 cm³/mol. The lowest BCUT2D eigenvalue weighted by molar-refractivity contribution is 0.0977. The monoisotopic (exact) mass is 376 g/mol. The van der Waals surface area contributed by atoms with Crippen molar-refractivity contribution in [1.29, 1.82) is 0 Å². The van der Waals surface area contributed by atoms with Gasteiger partial charge in [0.2, 0.25) is 0 Å². The van der Waals surface area contributed by atoms with E-state index in [9.17, 15) is 4.79 Å². The second-order valence-electron chi connectivity index (χ2n) is 5.17. The number of nitrogens with one attached hydrogen (secondary N) is 2. The number of amides is 1. The van der Waals surface area contributed by atoms with Crippen molar-refractivity contribution in [3.8, 4) is 0 Å². The smallest absolute Gasteiger partial charge is 0.257 e. The fraction of sp³-hybridized carbons (Fsp3) is 0.176. The van der Waals surface area contributed by atoms with Crippen LogP contribution < -0.4 is 10.6 Å². The molecule has 2 aromatic rings. The van der Waals surface area contributed by atoms with E-state index in [-0.39, 0.29) is 11.0 Å². The lowest BCUT2D eigenvalue weighted by Crippen LogP contribution is -2.34. The standard InChI is InChI=1S/C17H17BrN2OS/c1-11(2)13-8-9-15(14(18)10-13)19-17(22)20-16(21)12-6-4-3-5-7-12/h3-11H,1-2H3,(H2,19,20,21,22). The van der Waals surface area contributed by atoms with Crippen LogP contribution in [0.2, 0.25) is 0 Å². The normalized spacial score (nSPS) is 10.4. The van der Waals surface area contributed by atoms with Gasteiger partial charge < -0.3 is 5.32 Å². The van der Waals surface area contributed by atoms with E-state index in [1.54, 1.807) is 12.1 Å². The SMILES string of the molecule is CC(C)c1ccc(NC(=S)NC(=O)c2ccccc2)c(Br)c1. The minimum Gasteiger partial charge on any atom is -0.331 e. The van der Waals surface area contributed by atoms with Gasteiger partial charge in [-0.1, -0.05) is 38.1 Å². The van der Waals surface area contributed by atoms with E-state index >= 15 is 0 Å². The van der Waals surface area contributed by atoms with Crippen molar-refractivity contribution in [3.63, 3.8) is 0 Å². The largest absolute Gasteiger partial charge is 0.331 e. The Bertz CT molecular complexity index is 686. The van der Waals surface area contributed by atoms with Gasteiger partial charge in [0.05, 0.1) is 5.69 Å². The Labute approximate surface area is 144 Å². The van der Waals surface area contributed by atoms with Crippen molar-refractivity contribution in [2.75, 3.05) is 5.32 Å². The van der Waals surface area contributed by atoms with Crippen LogP contribution in [0.1, 0.15) is 35.7 Å². The van der Waals surface area contributed by atoms with E-state index in [4.69, 9.17) is 12.2 Å². The lowest BCUT2D eigenvalue weighted by atomic mass is 10.0. The second kappa shape index (κ2) is 7.51. The molecule has 2 aromatic carbocycles. The maximum absolute atomic E-state index is 12.0. The van der Waals surface area contributed by atoms with Gasteiger partial charge in [-0.3, -0.25) is 10.1 Å². The first-order chi connectivity index (χ1) is 10.5. The molecule has 0 spiro atoms. The number of halogens is 1. The third-order valence-corrected chi connectivity index (χ3v) is 4.03. The van der Waals surface area contributed by atoms with E-state index in [2.05, 4.69) is 46.5 Å². The molecule has 1 amide bonds. The van der Waals surface area contributed by atoms with Crippen molar-refractivity contribution in [3.05, 3.63) is 64.1 Å². The minimum atomic E-state index is -0.229. The van der Waals surface area contributed by atoms with E-state index in [1.807, 2.05) is 30.3 Å². The molecule has 0 aromatic heterocycles. The summed E-state index contributed by atoms with van der Waals surface area (Å²) in [4.78, 5) is 12.0. The van der Waals surface area contributed by atoms with Crippen LogP contribution in [-0.4, -0.2) is 11.0 Å². The summed E-state index contributed by atoms with van der Waals surface area (Å²) in [6.45, 7) is 4.28. The first kappa shape index (κ1) is 16.6. The number of benzene rings is 2. The highest BCUT2D eigenvalue weighted by Crippen LogP contribution is 2.26. The maximum Gasteiger partial charge on any atom is 0.257 e. The summed E-state index contributed by atoms with van der Waals surface area (Å²) in [5.41, 5.74) is 2.63. The molecule has 3 nitrogen and oxygen atoms in total. The molecule has 0 aliphatic heterocycles. The highest BCUT2D eigenvalue weighted by Gasteiger charge is 2.09. The van der Waals surface area contributed by atoms with E-state index in [1.165, 1.54) is 5.56 Å². The highest BCUT2D eigenvalue weighted by atomic mass is 79.9. The molecule has 0 aliphatic carbocycles. The lowest BCUT2D eigenvalue weighted by Gasteiger charge is -2.13. The van der Waals surface area contributed by atoms with Crippen molar-refractivity contribution < 1.29 is 4.79 Å². The molecule has 2 rings (SSSR count).